The van der Waals surface area contributed by atoms with Gasteiger partial charge < -0.3 is 19.4 Å². The minimum absolute atomic E-state index is 0. The van der Waals surface area contributed by atoms with E-state index in [1.54, 1.807) is 0 Å². The number of hydrogen-bond acceptors (Lipinski definition) is 3. The summed E-state index contributed by atoms with van der Waals surface area (Å²) < 4.78 is 6.21. The van der Waals surface area contributed by atoms with Gasteiger partial charge in [-0.2, -0.15) is 0 Å². The summed E-state index contributed by atoms with van der Waals surface area (Å²) in [7, 11) is -2.01. The Balaban J connectivity index is 0.000000728. The molecule has 0 aliphatic rings. The minimum Gasteiger partial charge on any atom is -0.422 e. The topological polar surface area (TPSA) is 53.5 Å². The second-order valence-corrected chi connectivity index (χ2v) is 27.4. The zero-order valence-corrected chi connectivity index (χ0v) is 33.1. The van der Waals surface area contributed by atoms with Crippen LogP contribution in [0.5, 0.6) is 0 Å². The zero-order valence-electron chi connectivity index (χ0n) is 29.3. The first-order chi connectivity index (χ1) is 17.7. The SMILES string of the molecule is C[Si](C)(C)[CH-][Si](C)(C)C.Cc1cc(C(C)(C)C)nn1[B-](n1nc(C(C)(C)C)cc1C)n1nc(C(C)(C)C)cc1C.[Yb+2]. The van der Waals surface area contributed by atoms with Gasteiger partial charge in [-0.05, 0) is 56.1 Å². The van der Waals surface area contributed by atoms with E-state index in [0.29, 0.717) is 0 Å². The van der Waals surface area contributed by atoms with Gasteiger partial charge in [0.1, 0.15) is 0 Å². The molecule has 41 heavy (non-hydrogen) atoms. The maximum atomic E-state index is 5.05. The van der Waals surface area contributed by atoms with E-state index in [4.69, 9.17) is 15.3 Å². The molecule has 0 aliphatic carbocycles. The van der Waals surface area contributed by atoms with Crippen LogP contribution in [-0.2, 0) is 16.2 Å². The number of nitrogens with zero attached hydrogens (tertiary/aromatic N) is 6. The van der Waals surface area contributed by atoms with Crippen molar-refractivity contribution in [1.29, 1.82) is 0 Å². The maximum absolute atomic E-state index is 5.05. The molecule has 3 aromatic heterocycles. The van der Waals surface area contributed by atoms with E-state index >= 15 is 0 Å². The molecule has 0 spiro atoms. The van der Waals surface area contributed by atoms with Gasteiger partial charge in [0.2, 0.25) is 0 Å². The van der Waals surface area contributed by atoms with Crippen LogP contribution in [0.1, 0.15) is 96.5 Å². The number of rotatable bonds is 5. The van der Waals surface area contributed by atoms with E-state index in [1.807, 2.05) is 0 Å². The van der Waals surface area contributed by atoms with Gasteiger partial charge in [0.25, 0.3) is 7.12 Å². The Labute approximate surface area is 293 Å². The molecule has 237 valence electrons. The minimum atomic E-state index is -0.856. The van der Waals surface area contributed by atoms with Crippen molar-refractivity contribution in [2.75, 3.05) is 0 Å². The Morgan fingerprint density at radius 2 is 0.756 bits per heavy atom. The normalized spacial score (nSPS) is 13.2. The smallest absolute Gasteiger partial charge is 0.422 e. The fraction of sp³-hybridized carbons (Fsp3) is 0.677. The third-order valence-corrected chi connectivity index (χ3v) is 13.5. The molecule has 0 saturated heterocycles. The Hall–Kier alpha value is -0.352. The van der Waals surface area contributed by atoms with E-state index in [-0.39, 0.29) is 70.3 Å². The van der Waals surface area contributed by atoms with Crippen LogP contribution in [0.2, 0.25) is 39.3 Å². The molecule has 0 aliphatic heterocycles. The largest absolute Gasteiger partial charge is 2.00 e. The maximum Gasteiger partial charge on any atom is 2.00 e. The second kappa shape index (κ2) is 13.3. The van der Waals surface area contributed by atoms with Gasteiger partial charge in [0.15, 0.2) is 0 Å². The quantitative estimate of drug-likeness (QED) is 0.196. The van der Waals surface area contributed by atoms with Gasteiger partial charge in [-0.15, -0.1) is 16.1 Å². The predicted octanol–water partition coefficient (Wildman–Crippen LogP) is 7.97. The fourth-order valence-electron chi connectivity index (χ4n) is 4.87. The molecule has 0 N–H and O–H groups in total. The summed E-state index contributed by atoms with van der Waals surface area (Å²) in [6, 6.07) is 6.54. The summed E-state index contributed by atoms with van der Waals surface area (Å²) in [5.74, 6) is 0. The van der Waals surface area contributed by atoms with Crippen molar-refractivity contribution in [2.24, 2.45) is 0 Å². The van der Waals surface area contributed by atoms with Gasteiger partial charge in [0, 0.05) is 16.2 Å². The molecule has 3 rings (SSSR count). The Morgan fingerprint density at radius 1 is 0.537 bits per heavy atom. The number of aryl methyl sites for hydroxylation is 3. The van der Waals surface area contributed by atoms with Gasteiger partial charge in [0.05, 0.1) is 17.1 Å². The van der Waals surface area contributed by atoms with Gasteiger partial charge >= 0.3 is 46.9 Å². The van der Waals surface area contributed by atoms with Crippen LogP contribution >= 0.6 is 0 Å². The molecule has 10 heteroatoms. The summed E-state index contributed by atoms with van der Waals surface area (Å²) in [5.41, 5.74) is 9.02. The van der Waals surface area contributed by atoms with Crippen molar-refractivity contribution in [1.82, 2.24) is 29.1 Å². The van der Waals surface area contributed by atoms with Crippen LogP contribution < -0.4 is 0 Å². The third kappa shape index (κ3) is 10.9. The van der Waals surface area contributed by atoms with E-state index in [2.05, 4.69) is 160 Å². The molecule has 0 atom stereocenters. The van der Waals surface area contributed by atoms with Crippen LogP contribution in [0.15, 0.2) is 18.2 Å². The summed E-state index contributed by atoms with van der Waals surface area (Å²) in [4.78, 5) is 0. The Morgan fingerprint density at radius 3 is 0.878 bits per heavy atom. The Kier molecular flexibility index (Phi) is 12.6. The van der Waals surface area contributed by atoms with Crippen LogP contribution in [-0.4, -0.2) is 52.3 Å². The summed E-state index contributed by atoms with van der Waals surface area (Å²) in [6.07, 6.45) is 0. The molecular formula is C31H58BN6Si2Yb. The van der Waals surface area contributed by atoms with Crippen LogP contribution in [0, 0.1) is 73.4 Å². The van der Waals surface area contributed by atoms with Crippen molar-refractivity contribution >= 4 is 23.3 Å². The van der Waals surface area contributed by atoms with Gasteiger partial charge in [-0.1, -0.05) is 102 Å². The van der Waals surface area contributed by atoms with E-state index in [0.717, 1.165) is 34.2 Å². The van der Waals surface area contributed by atoms with Gasteiger partial charge in [-0.25, -0.2) is 15.3 Å². The zero-order chi connectivity index (χ0) is 31.2. The van der Waals surface area contributed by atoms with Crippen LogP contribution in [0.25, 0.3) is 0 Å². The fourth-order valence-corrected chi connectivity index (χ4v) is 15.3. The van der Waals surface area contributed by atoms with Crippen LogP contribution in [0.4, 0.5) is 0 Å². The van der Waals surface area contributed by atoms with E-state index in [1.165, 1.54) is 0 Å². The number of aromatic nitrogens is 6. The molecule has 0 unspecified atom stereocenters. The first kappa shape index (κ1) is 38.7. The average molecular weight is 755 g/mol. The Bertz CT molecular complexity index is 1140. The second-order valence-electron chi connectivity index (χ2n) is 16.8. The summed E-state index contributed by atoms with van der Waals surface area (Å²) in [5, 5.41) is 15.2. The predicted molar refractivity (Wildman–Crippen MR) is 180 cm³/mol. The summed E-state index contributed by atoms with van der Waals surface area (Å²) >= 11 is 0. The molecule has 0 saturated carbocycles. The van der Waals surface area contributed by atoms with Crippen molar-refractivity contribution < 1.29 is 46.9 Å². The molecule has 0 fully saturated rings. The molecule has 3 aromatic rings. The summed E-state index contributed by atoms with van der Waals surface area (Å²) in [6.45, 7) is 40.6. The molecule has 0 aromatic carbocycles. The van der Waals surface area contributed by atoms with E-state index in [9.17, 15) is 0 Å². The average Bonchev–Trinajstić information content (AvgIpc) is 3.37. The van der Waals surface area contributed by atoms with Crippen molar-refractivity contribution in [3.63, 3.8) is 0 Å². The van der Waals surface area contributed by atoms with E-state index < -0.39 is 16.1 Å². The molecule has 0 bridgehead atoms. The molecule has 0 amide bonds. The molecular weight excluding hydrogens is 696 g/mol. The standard InChI is InChI=1S/C24H39BN6.C7H19Si2.Yb/c1-16-13-19(22(4,5)6)26-29(16)25(30-17(2)14-20(27-30)23(7,8)9)31-18(3)15-21(28-31)24(10,11)12;1-8(2,3)7-9(4,5)6;/h13-15H,1-12H3;7H,1-6H3;/q2*-1;+2. The van der Waals surface area contributed by atoms with Crippen molar-refractivity contribution in [3.05, 3.63) is 58.0 Å². The monoisotopic (exact) mass is 755 g/mol. The first-order valence-electron chi connectivity index (χ1n) is 14.8. The van der Waals surface area contributed by atoms with Crippen LogP contribution in [0.3, 0.4) is 0 Å². The van der Waals surface area contributed by atoms with Gasteiger partial charge in [-0.3, -0.25) is 0 Å². The molecule has 6 nitrogen and oxygen atoms in total. The van der Waals surface area contributed by atoms with Crippen molar-refractivity contribution in [3.8, 4) is 0 Å². The van der Waals surface area contributed by atoms with Crippen molar-refractivity contribution in [2.45, 2.75) is 139 Å². The number of hydrogen-bond donors (Lipinski definition) is 0. The first-order valence-corrected chi connectivity index (χ1v) is 21.9. The third-order valence-electron chi connectivity index (χ3n) is 6.59. The molecule has 1 radical (unpaired) electrons. The molecule has 3 heterocycles.